The molecule has 1 atom stereocenters. The molecule has 1 unspecified atom stereocenters. The summed E-state index contributed by atoms with van der Waals surface area (Å²) >= 11 is 0. The lowest BCUT2D eigenvalue weighted by Crippen LogP contribution is -2.23. The smallest absolute Gasteiger partial charge is 0.130 e. The molecule has 0 saturated heterocycles. The van der Waals surface area contributed by atoms with Gasteiger partial charge in [0.2, 0.25) is 0 Å². The molecule has 3 heteroatoms. The second kappa shape index (κ2) is 7.03. The van der Waals surface area contributed by atoms with E-state index in [-0.39, 0.29) is 6.04 Å². The second-order valence-electron chi connectivity index (χ2n) is 3.92. The predicted molar refractivity (Wildman–Crippen MR) is 65.5 cm³/mol. The first-order valence-corrected chi connectivity index (χ1v) is 5.80. The molecule has 1 aromatic rings. The fourth-order valence-electron chi connectivity index (χ4n) is 1.70. The molecule has 0 aromatic heterocycles. The van der Waals surface area contributed by atoms with Crippen LogP contribution in [0.1, 0.15) is 37.8 Å². The minimum Gasteiger partial charge on any atom is -0.310 e. The molecule has 1 nitrogen and oxygen atoms in total. The molecule has 17 heavy (non-hydrogen) atoms. The van der Waals surface area contributed by atoms with Crippen molar-refractivity contribution in [2.24, 2.45) is 0 Å². The van der Waals surface area contributed by atoms with Crippen LogP contribution in [0.15, 0.2) is 18.2 Å². The summed E-state index contributed by atoms with van der Waals surface area (Å²) in [7, 11) is 0. The molecular formula is C14H17F2N. The Hall–Kier alpha value is -1.40. The zero-order valence-electron chi connectivity index (χ0n) is 9.97. The number of hydrogen-bond donors (Lipinski definition) is 1. The number of nitrogens with one attached hydrogen (secondary N) is 1. The monoisotopic (exact) mass is 237 g/mol. The van der Waals surface area contributed by atoms with E-state index in [0.717, 1.165) is 19.0 Å². The van der Waals surface area contributed by atoms with Crippen LogP contribution in [0.25, 0.3) is 0 Å². The van der Waals surface area contributed by atoms with E-state index in [9.17, 15) is 8.78 Å². The summed E-state index contributed by atoms with van der Waals surface area (Å²) in [6, 6.07) is 3.52. The highest BCUT2D eigenvalue weighted by atomic mass is 19.1. The zero-order valence-corrected chi connectivity index (χ0v) is 9.97. The van der Waals surface area contributed by atoms with Gasteiger partial charge >= 0.3 is 0 Å². The summed E-state index contributed by atoms with van der Waals surface area (Å²) in [4.78, 5) is 0. The summed E-state index contributed by atoms with van der Waals surface area (Å²) in [5.41, 5.74) is 0.482. The van der Waals surface area contributed by atoms with Crippen LogP contribution in [0.3, 0.4) is 0 Å². The molecule has 0 spiro atoms. The van der Waals surface area contributed by atoms with Crippen molar-refractivity contribution in [2.75, 3.05) is 6.54 Å². The molecule has 0 bridgehead atoms. The van der Waals surface area contributed by atoms with Crippen LogP contribution in [-0.2, 0) is 0 Å². The lowest BCUT2D eigenvalue weighted by Gasteiger charge is -2.18. The first-order chi connectivity index (χ1) is 8.19. The van der Waals surface area contributed by atoms with Gasteiger partial charge in [0, 0.05) is 24.1 Å². The molecule has 0 aliphatic carbocycles. The van der Waals surface area contributed by atoms with Crippen molar-refractivity contribution in [1.82, 2.24) is 5.32 Å². The number of hydrogen-bond acceptors (Lipinski definition) is 1. The Morgan fingerprint density at radius 1 is 1.41 bits per heavy atom. The third-order valence-corrected chi connectivity index (χ3v) is 2.56. The Morgan fingerprint density at radius 2 is 2.18 bits per heavy atom. The summed E-state index contributed by atoms with van der Waals surface area (Å²) in [5.74, 6) is 1.46. The molecular weight excluding hydrogens is 220 g/mol. The van der Waals surface area contributed by atoms with Crippen molar-refractivity contribution in [1.29, 1.82) is 0 Å². The normalized spacial score (nSPS) is 12.1. The van der Waals surface area contributed by atoms with E-state index >= 15 is 0 Å². The van der Waals surface area contributed by atoms with E-state index in [1.807, 2.05) is 6.92 Å². The molecule has 0 radical (unpaired) electrons. The fraction of sp³-hybridized carbons (Fsp3) is 0.429. The standard InChI is InChI=1S/C14H17F2N/c1-3-5-6-14(17-9-4-2)12-8-7-11(15)10-13(12)16/h1,7-8,10,14,17H,4-6,9H2,2H3. The largest absolute Gasteiger partial charge is 0.310 e. The van der Waals surface area contributed by atoms with Gasteiger partial charge in [-0.2, -0.15) is 0 Å². The molecule has 0 heterocycles. The Kier molecular flexibility index (Phi) is 5.65. The number of halogens is 2. The van der Waals surface area contributed by atoms with E-state index in [0.29, 0.717) is 18.4 Å². The van der Waals surface area contributed by atoms with Crippen LogP contribution < -0.4 is 5.32 Å². The van der Waals surface area contributed by atoms with Crippen LogP contribution in [0, 0.1) is 24.0 Å². The summed E-state index contributed by atoms with van der Waals surface area (Å²) in [6.07, 6.45) is 7.39. The van der Waals surface area contributed by atoms with Gasteiger partial charge in [0.05, 0.1) is 0 Å². The van der Waals surface area contributed by atoms with Crippen LogP contribution in [0.2, 0.25) is 0 Å². The van der Waals surface area contributed by atoms with Crippen molar-refractivity contribution >= 4 is 0 Å². The average Bonchev–Trinajstić information content (AvgIpc) is 2.30. The minimum absolute atomic E-state index is 0.147. The quantitative estimate of drug-likeness (QED) is 0.747. The highest BCUT2D eigenvalue weighted by Gasteiger charge is 2.14. The summed E-state index contributed by atoms with van der Waals surface area (Å²) in [6.45, 7) is 2.82. The first-order valence-electron chi connectivity index (χ1n) is 5.80. The van der Waals surface area contributed by atoms with Crippen LogP contribution in [0.4, 0.5) is 8.78 Å². The van der Waals surface area contributed by atoms with E-state index in [1.54, 1.807) is 0 Å². The highest BCUT2D eigenvalue weighted by Crippen LogP contribution is 2.22. The summed E-state index contributed by atoms with van der Waals surface area (Å²) < 4.78 is 26.4. The average molecular weight is 237 g/mol. The maximum Gasteiger partial charge on any atom is 0.130 e. The predicted octanol–water partition coefficient (Wildman–Crippen LogP) is 3.42. The van der Waals surface area contributed by atoms with E-state index in [2.05, 4.69) is 11.2 Å². The van der Waals surface area contributed by atoms with Crippen LogP contribution >= 0.6 is 0 Å². The number of rotatable bonds is 6. The Bertz CT molecular complexity index is 396. The second-order valence-corrected chi connectivity index (χ2v) is 3.92. The van der Waals surface area contributed by atoms with E-state index in [4.69, 9.17) is 6.42 Å². The molecule has 0 amide bonds. The van der Waals surface area contributed by atoms with Gasteiger partial charge in [-0.05, 0) is 25.5 Å². The van der Waals surface area contributed by atoms with Gasteiger partial charge < -0.3 is 5.32 Å². The maximum absolute atomic E-state index is 13.6. The zero-order chi connectivity index (χ0) is 12.7. The molecule has 0 fully saturated rings. The van der Waals surface area contributed by atoms with Crippen molar-refractivity contribution < 1.29 is 8.78 Å². The van der Waals surface area contributed by atoms with E-state index < -0.39 is 11.6 Å². The van der Waals surface area contributed by atoms with Gasteiger partial charge in [0.25, 0.3) is 0 Å². The minimum atomic E-state index is -0.558. The molecule has 92 valence electrons. The van der Waals surface area contributed by atoms with Crippen molar-refractivity contribution in [3.05, 3.63) is 35.4 Å². The third kappa shape index (κ3) is 4.16. The molecule has 1 rings (SSSR count). The van der Waals surface area contributed by atoms with Gasteiger partial charge in [-0.25, -0.2) is 8.78 Å². The molecule has 0 aliphatic rings. The maximum atomic E-state index is 13.6. The number of benzene rings is 1. The summed E-state index contributed by atoms with van der Waals surface area (Å²) in [5, 5.41) is 3.22. The van der Waals surface area contributed by atoms with Crippen molar-refractivity contribution in [3.63, 3.8) is 0 Å². The van der Waals surface area contributed by atoms with Gasteiger partial charge in [-0.3, -0.25) is 0 Å². The molecule has 0 aliphatic heterocycles. The van der Waals surface area contributed by atoms with Gasteiger partial charge in [-0.15, -0.1) is 12.3 Å². The highest BCUT2D eigenvalue weighted by molar-refractivity contribution is 5.22. The van der Waals surface area contributed by atoms with Crippen molar-refractivity contribution in [3.8, 4) is 12.3 Å². The Morgan fingerprint density at radius 3 is 2.76 bits per heavy atom. The Labute approximate surface area is 101 Å². The lowest BCUT2D eigenvalue weighted by atomic mass is 10.0. The molecule has 1 N–H and O–H groups in total. The van der Waals surface area contributed by atoms with Crippen LogP contribution in [-0.4, -0.2) is 6.54 Å². The number of terminal acetylenes is 1. The third-order valence-electron chi connectivity index (χ3n) is 2.56. The van der Waals surface area contributed by atoms with Gasteiger partial charge in [0.1, 0.15) is 11.6 Å². The van der Waals surface area contributed by atoms with Crippen LogP contribution in [0.5, 0.6) is 0 Å². The molecule has 0 saturated carbocycles. The topological polar surface area (TPSA) is 12.0 Å². The molecule has 1 aromatic carbocycles. The fourth-order valence-corrected chi connectivity index (χ4v) is 1.70. The first kappa shape index (κ1) is 13.7. The van der Waals surface area contributed by atoms with E-state index in [1.165, 1.54) is 12.1 Å². The SMILES string of the molecule is C#CCCC(NCCC)c1ccc(F)cc1F. The Balaban J connectivity index is 2.83. The lowest BCUT2D eigenvalue weighted by molar-refractivity contribution is 0.474. The van der Waals surface area contributed by atoms with Gasteiger partial charge in [-0.1, -0.05) is 13.0 Å². The van der Waals surface area contributed by atoms with Gasteiger partial charge in [0.15, 0.2) is 0 Å². The van der Waals surface area contributed by atoms with Crippen molar-refractivity contribution in [2.45, 2.75) is 32.2 Å².